The largest absolute Gasteiger partial charge is 0.290 e. The van der Waals surface area contributed by atoms with Crippen LogP contribution in [0.3, 0.4) is 0 Å². The summed E-state index contributed by atoms with van der Waals surface area (Å²) in [7, 11) is 0. The van der Waals surface area contributed by atoms with Crippen LogP contribution in [-0.4, -0.2) is 6.21 Å². The predicted octanol–water partition coefficient (Wildman–Crippen LogP) is 3.99. The molecule has 0 radical (unpaired) electrons. The number of hydrogen-bond acceptors (Lipinski definition) is 1. The number of rotatable bonds is 2. The van der Waals surface area contributed by atoms with Crippen LogP contribution in [0.1, 0.15) is 25.5 Å². The molecule has 0 aliphatic carbocycles. The molecule has 1 heteroatoms. The molecule has 2 rings (SSSR count). The van der Waals surface area contributed by atoms with Crippen LogP contribution in [0.2, 0.25) is 0 Å². The van der Waals surface area contributed by atoms with Gasteiger partial charge in [-0.25, -0.2) is 0 Å². The van der Waals surface area contributed by atoms with Gasteiger partial charge in [0.2, 0.25) is 0 Å². The molecule has 0 spiro atoms. The highest BCUT2D eigenvalue weighted by Gasteiger charge is 2.05. The second-order valence-electron chi connectivity index (χ2n) is 3.65. The first-order valence-electron chi connectivity index (χ1n) is 5.28. The highest BCUT2D eigenvalue weighted by molar-refractivity contribution is 5.86. The van der Waals surface area contributed by atoms with Gasteiger partial charge >= 0.3 is 0 Å². The van der Waals surface area contributed by atoms with Crippen LogP contribution in [0, 0.1) is 0 Å². The molecular weight excluding hydrogens is 182 g/mol. The van der Waals surface area contributed by atoms with Crippen LogP contribution in [0.15, 0.2) is 47.5 Å². The molecule has 1 atom stereocenters. The van der Waals surface area contributed by atoms with E-state index >= 15 is 0 Å². The maximum atomic E-state index is 4.42. The van der Waals surface area contributed by atoms with Gasteiger partial charge in [0.1, 0.15) is 0 Å². The molecule has 0 saturated carbocycles. The Kier molecular flexibility index (Phi) is 2.82. The summed E-state index contributed by atoms with van der Waals surface area (Å²) in [4.78, 5) is 4.42. The van der Waals surface area contributed by atoms with E-state index in [9.17, 15) is 0 Å². The summed E-state index contributed by atoms with van der Waals surface area (Å²) in [5, 5.41) is 2.59. The second kappa shape index (κ2) is 4.26. The lowest BCUT2D eigenvalue weighted by Gasteiger charge is -2.10. The fourth-order valence-electron chi connectivity index (χ4n) is 1.92. The number of benzene rings is 2. The molecule has 1 nitrogen and oxygen atoms in total. The van der Waals surface area contributed by atoms with Gasteiger partial charge in [0, 0.05) is 0 Å². The number of fused-ring (bicyclic) bond motifs is 1. The van der Waals surface area contributed by atoms with Crippen molar-refractivity contribution < 1.29 is 0 Å². The fraction of sp³-hybridized carbons (Fsp3) is 0.214. The summed E-state index contributed by atoms with van der Waals surface area (Å²) >= 11 is 0. The van der Waals surface area contributed by atoms with Crippen molar-refractivity contribution in [3.05, 3.63) is 48.0 Å². The molecule has 2 aromatic rings. The quantitative estimate of drug-likeness (QED) is 0.645. The third-order valence-electron chi connectivity index (χ3n) is 2.65. The van der Waals surface area contributed by atoms with Crippen molar-refractivity contribution >= 4 is 17.0 Å². The average Bonchev–Trinajstić information content (AvgIpc) is 2.28. The van der Waals surface area contributed by atoms with Crippen molar-refractivity contribution in [3.8, 4) is 0 Å². The third kappa shape index (κ3) is 1.91. The minimum atomic E-state index is 0.237. The Morgan fingerprint density at radius 1 is 1.07 bits per heavy atom. The van der Waals surface area contributed by atoms with Crippen molar-refractivity contribution in [2.45, 2.75) is 19.9 Å². The SMILES string of the molecule is CC=NC(C)c1cccc2ccccc12. The first-order chi connectivity index (χ1) is 7.33. The zero-order valence-corrected chi connectivity index (χ0v) is 9.14. The summed E-state index contributed by atoms with van der Waals surface area (Å²) < 4.78 is 0. The molecular formula is C14H15N. The van der Waals surface area contributed by atoms with Gasteiger partial charge in [-0.2, -0.15) is 0 Å². The topological polar surface area (TPSA) is 12.4 Å². The smallest absolute Gasteiger partial charge is 0.0722 e. The van der Waals surface area contributed by atoms with Gasteiger partial charge in [-0.1, -0.05) is 42.5 Å². The summed E-state index contributed by atoms with van der Waals surface area (Å²) in [6.45, 7) is 4.09. The zero-order valence-electron chi connectivity index (χ0n) is 9.14. The monoisotopic (exact) mass is 197 g/mol. The molecule has 15 heavy (non-hydrogen) atoms. The summed E-state index contributed by atoms with van der Waals surface area (Å²) in [5.41, 5.74) is 1.30. The highest BCUT2D eigenvalue weighted by Crippen LogP contribution is 2.25. The van der Waals surface area contributed by atoms with Crippen molar-refractivity contribution in [2.24, 2.45) is 4.99 Å². The van der Waals surface area contributed by atoms with E-state index in [-0.39, 0.29) is 6.04 Å². The molecule has 0 saturated heterocycles. The lowest BCUT2D eigenvalue weighted by molar-refractivity contribution is 0.833. The normalized spacial score (nSPS) is 13.5. The van der Waals surface area contributed by atoms with Crippen LogP contribution >= 0.6 is 0 Å². The molecule has 0 amide bonds. The molecule has 0 bridgehead atoms. The summed E-state index contributed by atoms with van der Waals surface area (Å²) in [6.07, 6.45) is 1.87. The van der Waals surface area contributed by atoms with E-state index < -0.39 is 0 Å². The maximum absolute atomic E-state index is 4.42. The molecule has 0 aromatic heterocycles. The minimum absolute atomic E-state index is 0.237. The van der Waals surface area contributed by atoms with E-state index in [4.69, 9.17) is 0 Å². The van der Waals surface area contributed by atoms with E-state index in [1.165, 1.54) is 16.3 Å². The van der Waals surface area contributed by atoms with Crippen molar-refractivity contribution in [3.63, 3.8) is 0 Å². The molecule has 0 aliphatic rings. The first kappa shape index (κ1) is 9.91. The maximum Gasteiger partial charge on any atom is 0.0722 e. The summed E-state index contributed by atoms with van der Waals surface area (Å²) in [5.74, 6) is 0. The van der Waals surface area contributed by atoms with Crippen LogP contribution in [0.5, 0.6) is 0 Å². The number of aliphatic imine (C=N–C) groups is 1. The fourth-order valence-corrected chi connectivity index (χ4v) is 1.92. The second-order valence-corrected chi connectivity index (χ2v) is 3.65. The van der Waals surface area contributed by atoms with Crippen LogP contribution in [-0.2, 0) is 0 Å². The molecule has 0 aliphatic heterocycles. The Morgan fingerprint density at radius 2 is 1.80 bits per heavy atom. The van der Waals surface area contributed by atoms with E-state index in [2.05, 4.69) is 54.4 Å². The third-order valence-corrected chi connectivity index (χ3v) is 2.65. The number of hydrogen-bond donors (Lipinski definition) is 0. The van der Waals surface area contributed by atoms with Gasteiger partial charge in [-0.3, -0.25) is 4.99 Å². The van der Waals surface area contributed by atoms with E-state index in [0.29, 0.717) is 0 Å². The van der Waals surface area contributed by atoms with E-state index in [1.54, 1.807) is 0 Å². The molecule has 2 aromatic carbocycles. The highest BCUT2D eigenvalue weighted by atomic mass is 14.7. The standard InChI is InChI=1S/C14H15N/c1-3-15-11(2)13-10-6-8-12-7-4-5-9-14(12)13/h3-11H,1-2H3. The van der Waals surface area contributed by atoms with E-state index in [0.717, 1.165) is 0 Å². The van der Waals surface area contributed by atoms with Crippen LogP contribution < -0.4 is 0 Å². The Morgan fingerprint density at radius 3 is 2.60 bits per heavy atom. The molecule has 0 N–H and O–H groups in total. The zero-order chi connectivity index (χ0) is 10.7. The van der Waals surface area contributed by atoms with Crippen LogP contribution in [0.4, 0.5) is 0 Å². The first-order valence-corrected chi connectivity index (χ1v) is 5.28. The Bertz CT molecular complexity index is 480. The summed E-state index contributed by atoms with van der Waals surface area (Å²) in [6, 6.07) is 15.1. The minimum Gasteiger partial charge on any atom is -0.290 e. The molecule has 76 valence electrons. The Hall–Kier alpha value is -1.63. The lowest BCUT2D eigenvalue weighted by Crippen LogP contribution is -1.91. The molecule has 0 fully saturated rings. The average molecular weight is 197 g/mol. The van der Waals surface area contributed by atoms with Crippen LogP contribution in [0.25, 0.3) is 10.8 Å². The lowest BCUT2D eigenvalue weighted by atomic mass is 10.0. The van der Waals surface area contributed by atoms with Crippen molar-refractivity contribution in [2.75, 3.05) is 0 Å². The molecule has 1 unspecified atom stereocenters. The van der Waals surface area contributed by atoms with Gasteiger partial charge < -0.3 is 0 Å². The van der Waals surface area contributed by atoms with Crippen molar-refractivity contribution in [1.29, 1.82) is 0 Å². The van der Waals surface area contributed by atoms with Gasteiger partial charge in [-0.15, -0.1) is 0 Å². The molecule has 0 heterocycles. The van der Waals surface area contributed by atoms with Crippen molar-refractivity contribution in [1.82, 2.24) is 0 Å². The Labute approximate surface area is 90.5 Å². The van der Waals surface area contributed by atoms with Gasteiger partial charge in [-0.05, 0) is 36.4 Å². The predicted molar refractivity (Wildman–Crippen MR) is 66.5 cm³/mol. The van der Waals surface area contributed by atoms with Gasteiger partial charge in [0.05, 0.1) is 6.04 Å². The van der Waals surface area contributed by atoms with Gasteiger partial charge in [0.25, 0.3) is 0 Å². The van der Waals surface area contributed by atoms with E-state index in [1.807, 2.05) is 13.1 Å². The Balaban J connectivity index is 2.60. The number of nitrogens with zero attached hydrogens (tertiary/aromatic N) is 1. The van der Waals surface area contributed by atoms with Gasteiger partial charge in [0.15, 0.2) is 0 Å².